The van der Waals surface area contributed by atoms with E-state index >= 15 is 0 Å². The van der Waals surface area contributed by atoms with Gasteiger partial charge in [-0.1, -0.05) is 104 Å². The average molecular weight is 1060 g/mol. The van der Waals surface area contributed by atoms with Crippen molar-refractivity contribution in [2.45, 2.75) is 162 Å². The summed E-state index contributed by atoms with van der Waals surface area (Å²) in [4.78, 5) is 89.5. The first-order chi connectivity index (χ1) is 35.0. The van der Waals surface area contributed by atoms with E-state index in [0.717, 1.165) is 23.9 Å². The molecule has 2 aromatic rings. The first-order valence-corrected chi connectivity index (χ1v) is 28.1. The van der Waals surface area contributed by atoms with Crippen LogP contribution in [0.25, 0.3) is 0 Å². The summed E-state index contributed by atoms with van der Waals surface area (Å²) in [5.41, 5.74) is 6.98. The summed E-state index contributed by atoms with van der Waals surface area (Å²) in [5.74, 6) is -3.98. The van der Waals surface area contributed by atoms with Gasteiger partial charge in [-0.3, -0.25) is 33.5 Å². The molecule has 19 nitrogen and oxygen atoms in total. The zero-order valence-corrected chi connectivity index (χ0v) is 47.2. The summed E-state index contributed by atoms with van der Waals surface area (Å²) in [7, 11) is 1.13. The number of carbonyl (C=O) groups excluding carboxylic acids is 5. The molecule has 0 bridgehead atoms. The molecule has 2 heterocycles. The van der Waals surface area contributed by atoms with Gasteiger partial charge in [-0.2, -0.15) is 4.67 Å². The van der Waals surface area contributed by atoms with Gasteiger partial charge in [-0.15, -0.1) is 0 Å². The van der Waals surface area contributed by atoms with Gasteiger partial charge in [0.2, 0.25) is 29.5 Å². The second-order valence-electron chi connectivity index (χ2n) is 20.8. The first-order valence-electron chi connectivity index (χ1n) is 26.6. The monoisotopic (exact) mass is 1060 g/mol. The number of nitrogens with zero attached hydrogens (tertiary/aromatic N) is 4. The number of nitrogens with one attached hydrogen (secondary N) is 3. The van der Waals surface area contributed by atoms with Crippen molar-refractivity contribution in [3.05, 3.63) is 66.0 Å². The number of likely N-dealkylation sites (N-methyl/N-ethyl adjacent to an activating group) is 2. The zero-order valence-electron chi connectivity index (χ0n) is 46.3. The SMILES string of the molecule is CC[C@H](C)[C@@H]([C@@H](CC(=O)N1CCC([C@H](OC)[C@@H](C)C(=O)N[C@H](C)[C@@H](O)c2ccccc2)C1)OC)N(C)C(=O)C(NC(=O)[C@H](C(C)C)N(C)P(=O)(O)OC(CCc1ccccn1)C(=O)NCCCCCCN)C(C)C. The molecular weight excluding hydrogens is 968 g/mol. The van der Waals surface area contributed by atoms with Gasteiger partial charge in [0.05, 0.1) is 42.7 Å². The Bertz CT molecular complexity index is 2070. The summed E-state index contributed by atoms with van der Waals surface area (Å²) in [5, 5.41) is 19.5. The standard InChI is InChI=1S/C54H91N8O11P/c1-13-37(6)48(44(71-11)33-45(63)62-32-28-41(34-62)50(72-12)38(7)51(65)58-39(8)49(64)40-23-17-16-18-24-40)60(9)54(68)46(35(2)3)59-53(67)47(36(4)5)61(10)74(69,70)73-43(27-26-42-25-19-22-30-56-42)52(66)57-31-21-15-14-20-29-55/h16-19,22-25,30,35-39,41,43-44,46-50,64H,13-15,20-21,26-29,31-34,55H2,1-12H3,(H,57,66)(H,58,65)(H,59,67)(H,69,70)/t37-,38+,39+,41?,43?,44+,46?,47-,48-,49+,50+/m0/s1. The summed E-state index contributed by atoms with van der Waals surface area (Å²) >= 11 is 0. The van der Waals surface area contributed by atoms with E-state index in [9.17, 15) is 38.5 Å². The van der Waals surface area contributed by atoms with E-state index < -0.39 is 91.8 Å². The third kappa shape index (κ3) is 18.7. The molecule has 5 amide bonds. The quantitative estimate of drug-likeness (QED) is 0.0395. The van der Waals surface area contributed by atoms with E-state index in [4.69, 9.17) is 19.7 Å². The number of unbranched alkanes of at least 4 members (excludes halogenated alkanes) is 3. The fourth-order valence-corrected chi connectivity index (χ4v) is 11.3. The molecule has 3 rings (SSSR count). The molecule has 0 saturated carbocycles. The van der Waals surface area contributed by atoms with Gasteiger partial charge >= 0.3 is 7.75 Å². The van der Waals surface area contributed by atoms with Crippen LogP contribution in [0, 0.1) is 29.6 Å². The summed E-state index contributed by atoms with van der Waals surface area (Å²) in [6.45, 7) is 16.2. The third-order valence-electron chi connectivity index (χ3n) is 14.6. The number of amides is 5. The number of hydrogen-bond acceptors (Lipinski definition) is 12. The maximum Gasteiger partial charge on any atom is 0.406 e. The lowest BCUT2D eigenvalue weighted by Gasteiger charge is -2.40. The minimum atomic E-state index is -4.86. The lowest BCUT2D eigenvalue weighted by atomic mass is 9.89. The Morgan fingerprint density at radius 2 is 1.54 bits per heavy atom. The number of methoxy groups -OCH3 is 2. The van der Waals surface area contributed by atoms with Gasteiger partial charge in [-0.05, 0) is 88.1 Å². The van der Waals surface area contributed by atoms with Crippen molar-refractivity contribution in [2.75, 3.05) is 54.5 Å². The predicted octanol–water partition coefficient (Wildman–Crippen LogP) is 5.25. The number of likely N-dealkylation sites (tertiary alicyclic amines) is 1. The van der Waals surface area contributed by atoms with Gasteiger partial charge in [-0.25, -0.2) is 4.57 Å². The van der Waals surface area contributed by atoms with Crippen LogP contribution in [-0.4, -0.2) is 156 Å². The highest BCUT2D eigenvalue weighted by atomic mass is 31.2. The van der Waals surface area contributed by atoms with Crippen LogP contribution >= 0.6 is 7.75 Å². The lowest BCUT2D eigenvalue weighted by Crippen LogP contribution is -2.59. The number of aliphatic hydroxyl groups excluding tert-OH is 1. The minimum absolute atomic E-state index is 0.0429. The fraction of sp³-hybridized carbons (Fsp3) is 0.704. The summed E-state index contributed by atoms with van der Waals surface area (Å²) < 4.78 is 32.9. The van der Waals surface area contributed by atoms with Crippen molar-refractivity contribution in [1.82, 2.24) is 35.4 Å². The van der Waals surface area contributed by atoms with Gasteiger partial charge in [0.25, 0.3) is 0 Å². The summed E-state index contributed by atoms with van der Waals surface area (Å²) in [6, 6.07) is 11.0. The van der Waals surface area contributed by atoms with Crippen LogP contribution < -0.4 is 21.7 Å². The third-order valence-corrected chi connectivity index (χ3v) is 16.2. The van der Waals surface area contributed by atoms with Crippen molar-refractivity contribution in [3.63, 3.8) is 0 Å². The van der Waals surface area contributed by atoms with Gasteiger partial charge in [0.1, 0.15) is 18.2 Å². The molecule has 12 atom stereocenters. The van der Waals surface area contributed by atoms with E-state index in [-0.39, 0.29) is 42.9 Å². The lowest BCUT2D eigenvalue weighted by molar-refractivity contribution is -0.146. The number of benzene rings is 1. The van der Waals surface area contributed by atoms with Crippen LogP contribution in [0.15, 0.2) is 54.7 Å². The predicted molar refractivity (Wildman–Crippen MR) is 286 cm³/mol. The molecule has 1 aliphatic heterocycles. The maximum absolute atomic E-state index is 14.7. The number of pyridine rings is 1. The van der Waals surface area contributed by atoms with Gasteiger partial charge in [0, 0.05) is 58.7 Å². The number of aliphatic hydroxyl groups is 1. The largest absolute Gasteiger partial charge is 0.406 e. The Balaban J connectivity index is 1.75. The fourth-order valence-electron chi connectivity index (χ4n) is 9.92. The number of ether oxygens (including phenoxy) is 2. The molecule has 0 aliphatic carbocycles. The number of nitrogens with two attached hydrogens (primary N) is 1. The van der Waals surface area contributed by atoms with E-state index in [1.165, 1.54) is 14.2 Å². The van der Waals surface area contributed by atoms with Crippen molar-refractivity contribution in [3.8, 4) is 0 Å². The molecule has 1 aromatic heterocycles. The van der Waals surface area contributed by atoms with Crippen LogP contribution in [0.4, 0.5) is 0 Å². The molecule has 0 radical (unpaired) electrons. The molecule has 1 fully saturated rings. The van der Waals surface area contributed by atoms with E-state index in [2.05, 4.69) is 20.9 Å². The van der Waals surface area contributed by atoms with Crippen LogP contribution in [-0.2, 0) is 49.0 Å². The Labute approximate surface area is 441 Å². The Hall–Kier alpha value is -4.33. The second-order valence-corrected chi connectivity index (χ2v) is 22.6. The van der Waals surface area contributed by atoms with Crippen molar-refractivity contribution < 1.29 is 52.5 Å². The molecule has 4 unspecified atom stereocenters. The molecule has 7 N–H and O–H groups in total. The minimum Gasteiger partial charge on any atom is -0.386 e. The van der Waals surface area contributed by atoms with Crippen molar-refractivity contribution >= 4 is 37.3 Å². The molecular formula is C54H91N8O11P. The number of aryl methyl sites for hydroxylation is 1. The van der Waals surface area contributed by atoms with E-state index in [1.54, 1.807) is 96.0 Å². The number of rotatable bonds is 33. The van der Waals surface area contributed by atoms with E-state index in [1.807, 2.05) is 38.1 Å². The molecule has 1 saturated heterocycles. The molecule has 1 aliphatic rings. The highest BCUT2D eigenvalue weighted by molar-refractivity contribution is 7.50. The first kappa shape index (κ1) is 64.0. The van der Waals surface area contributed by atoms with Gasteiger partial charge < -0.3 is 51.0 Å². The number of carbonyl (C=O) groups is 5. The topological polar surface area (TPSA) is 255 Å². The zero-order chi connectivity index (χ0) is 55.3. The Morgan fingerprint density at radius 3 is 2.12 bits per heavy atom. The number of aromatic nitrogens is 1. The van der Waals surface area contributed by atoms with Gasteiger partial charge in [0.15, 0.2) is 0 Å². The Kier molecular flexibility index (Phi) is 27.4. The number of hydrogen-bond donors (Lipinski definition) is 6. The second kappa shape index (κ2) is 31.7. The van der Waals surface area contributed by atoms with Crippen molar-refractivity contribution in [2.24, 2.45) is 35.3 Å². The molecule has 74 heavy (non-hydrogen) atoms. The molecule has 0 spiro atoms. The van der Waals surface area contributed by atoms with Crippen LogP contribution in [0.2, 0.25) is 0 Å². The normalized spacial score (nSPS) is 18.8. The Morgan fingerprint density at radius 1 is 0.878 bits per heavy atom. The van der Waals surface area contributed by atoms with Crippen LogP contribution in [0.5, 0.6) is 0 Å². The summed E-state index contributed by atoms with van der Waals surface area (Å²) in [6.07, 6.45) is 3.01. The highest BCUT2D eigenvalue weighted by Gasteiger charge is 2.45. The van der Waals surface area contributed by atoms with Crippen molar-refractivity contribution in [1.29, 1.82) is 0 Å². The average Bonchev–Trinajstić information content (AvgIpc) is 3.87. The maximum atomic E-state index is 14.7. The van der Waals surface area contributed by atoms with Crippen LogP contribution in [0.3, 0.4) is 0 Å². The van der Waals surface area contributed by atoms with Crippen LogP contribution in [0.1, 0.15) is 124 Å². The molecule has 418 valence electrons. The molecule has 1 aromatic carbocycles. The smallest absolute Gasteiger partial charge is 0.386 e. The molecule has 20 heteroatoms. The highest BCUT2D eigenvalue weighted by Crippen LogP contribution is 2.49. The van der Waals surface area contributed by atoms with E-state index in [0.29, 0.717) is 56.7 Å².